The monoisotopic (exact) mass is 472 g/mol. The van der Waals surface area contributed by atoms with Crippen molar-refractivity contribution in [1.29, 1.82) is 0 Å². The van der Waals surface area contributed by atoms with Gasteiger partial charge >= 0.3 is 11.9 Å². The van der Waals surface area contributed by atoms with E-state index in [9.17, 15) is 14.7 Å². The van der Waals surface area contributed by atoms with E-state index in [0.717, 1.165) is 0 Å². The van der Waals surface area contributed by atoms with Crippen LogP contribution < -0.4 is 0 Å². The summed E-state index contributed by atoms with van der Waals surface area (Å²) in [7, 11) is 1.41. The summed E-state index contributed by atoms with van der Waals surface area (Å²) in [5, 5.41) is 10.6. The summed E-state index contributed by atoms with van der Waals surface area (Å²) in [6.07, 6.45) is -4.80. The number of halogens is 1. The van der Waals surface area contributed by atoms with E-state index in [1.54, 1.807) is 41.5 Å². The molecule has 0 spiro atoms. The Morgan fingerprint density at radius 3 is 1.80 bits per heavy atom. The van der Waals surface area contributed by atoms with E-state index in [2.05, 4.69) is 22.6 Å². The molecule has 5 atom stereocenters. The van der Waals surface area contributed by atoms with Crippen LogP contribution in [0.15, 0.2) is 0 Å². The molecule has 7 nitrogen and oxygen atoms in total. The van der Waals surface area contributed by atoms with Gasteiger partial charge < -0.3 is 24.1 Å². The van der Waals surface area contributed by atoms with Gasteiger partial charge in [-0.05, 0) is 41.5 Å². The van der Waals surface area contributed by atoms with Crippen LogP contribution in [0.3, 0.4) is 0 Å². The van der Waals surface area contributed by atoms with Crippen molar-refractivity contribution >= 4 is 34.5 Å². The quantitative estimate of drug-likeness (QED) is 0.381. The molecule has 0 aromatic carbocycles. The Balaban J connectivity index is 3.14. The van der Waals surface area contributed by atoms with Crippen molar-refractivity contribution in [3.05, 3.63) is 0 Å². The minimum absolute atomic E-state index is 0.461. The molecule has 25 heavy (non-hydrogen) atoms. The number of esters is 2. The molecule has 0 amide bonds. The van der Waals surface area contributed by atoms with Gasteiger partial charge in [-0.3, -0.25) is 9.59 Å². The highest BCUT2D eigenvalue weighted by atomic mass is 127. The zero-order valence-electron chi connectivity index (χ0n) is 15.9. The third-order valence-electron chi connectivity index (χ3n) is 3.71. The molecule has 1 saturated heterocycles. The molecule has 0 aromatic rings. The number of rotatable bonds is 4. The molecular formula is C17H29IO7. The molecule has 0 saturated carbocycles. The van der Waals surface area contributed by atoms with Crippen LogP contribution in [0.2, 0.25) is 0 Å². The first-order chi connectivity index (χ1) is 11.3. The molecule has 1 rings (SSSR count). The van der Waals surface area contributed by atoms with Gasteiger partial charge in [0, 0.05) is 11.5 Å². The van der Waals surface area contributed by atoms with Crippen molar-refractivity contribution in [2.45, 2.75) is 72.2 Å². The Morgan fingerprint density at radius 1 is 1.00 bits per heavy atom. The largest absolute Gasteiger partial charge is 0.455 e. The number of carbonyl (C=O) groups is 2. The van der Waals surface area contributed by atoms with Crippen LogP contribution in [-0.4, -0.2) is 59.3 Å². The summed E-state index contributed by atoms with van der Waals surface area (Å²) in [6, 6.07) is 0. The zero-order valence-corrected chi connectivity index (χ0v) is 18.0. The fourth-order valence-electron chi connectivity index (χ4n) is 2.07. The van der Waals surface area contributed by atoms with E-state index in [4.69, 9.17) is 18.9 Å². The molecule has 0 bridgehead atoms. The van der Waals surface area contributed by atoms with E-state index >= 15 is 0 Å². The van der Waals surface area contributed by atoms with Crippen LogP contribution in [0.5, 0.6) is 0 Å². The van der Waals surface area contributed by atoms with E-state index in [1.807, 2.05) is 0 Å². The van der Waals surface area contributed by atoms with Gasteiger partial charge in [0.2, 0.25) is 0 Å². The molecule has 1 heterocycles. The molecule has 0 unspecified atom stereocenters. The highest BCUT2D eigenvalue weighted by Gasteiger charge is 2.51. The maximum atomic E-state index is 12.3. The zero-order chi connectivity index (χ0) is 19.6. The maximum Gasteiger partial charge on any atom is 0.311 e. The number of aliphatic hydroxyl groups is 1. The van der Waals surface area contributed by atoms with Gasteiger partial charge in [0.15, 0.2) is 18.5 Å². The second-order valence-corrected chi connectivity index (χ2v) is 9.04. The number of carbonyl (C=O) groups excluding carboxylic acids is 2. The van der Waals surface area contributed by atoms with Crippen molar-refractivity contribution in [3.63, 3.8) is 0 Å². The molecular weight excluding hydrogens is 443 g/mol. The molecule has 0 aliphatic carbocycles. The van der Waals surface area contributed by atoms with E-state index in [0.29, 0.717) is 4.43 Å². The predicted octanol–water partition coefficient (Wildman–Crippen LogP) is 2.07. The maximum absolute atomic E-state index is 12.3. The lowest BCUT2D eigenvalue weighted by Gasteiger charge is -2.43. The van der Waals surface area contributed by atoms with E-state index in [1.165, 1.54) is 7.11 Å². The Morgan fingerprint density at radius 2 is 1.44 bits per heavy atom. The summed E-state index contributed by atoms with van der Waals surface area (Å²) < 4.78 is 22.5. The first kappa shape index (κ1) is 22.6. The second-order valence-electron chi connectivity index (χ2n) is 8.16. The molecule has 1 aliphatic heterocycles. The summed E-state index contributed by atoms with van der Waals surface area (Å²) in [4.78, 5) is 24.7. The van der Waals surface area contributed by atoms with Crippen LogP contribution in [0.1, 0.15) is 41.5 Å². The van der Waals surface area contributed by atoms with Gasteiger partial charge in [-0.1, -0.05) is 22.6 Å². The van der Waals surface area contributed by atoms with Gasteiger partial charge in [0.05, 0.1) is 16.9 Å². The third-order valence-corrected chi connectivity index (χ3v) is 4.58. The van der Waals surface area contributed by atoms with E-state index < -0.39 is 53.5 Å². The lowest BCUT2D eigenvalue weighted by molar-refractivity contribution is -0.294. The number of ether oxygens (including phenoxy) is 4. The average Bonchev–Trinajstić information content (AvgIpc) is 2.48. The second kappa shape index (κ2) is 8.49. The number of hydrogen-bond donors (Lipinski definition) is 1. The van der Waals surface area contributed by atoms with Gasteiger partial charge in [0.1, 0.15) is 6.10 Å². The SMILES string of the molecule is CO[C@H]1O[C@H](CI)[C@@H](O)[C@H](OC(=O)C(C)(C)C)[C@H]1OC(=O)C(C)(C)C. The van der Waals surface area contributed by atoms with Crippen molar-refractivity contribution in [2.75, 3.05) is 11.5 Å². The Labute approximate surface area is 162 Å². The first-order valence-electron chi connectivity index (χ1n) is 8.17. The standard InChI is InChI=1S/C17H29IO7/c1-16(2,3)14(20)24-11-10(19)9(8-18)23-13(22-7)12(11)25-15(21)17(4,5)6/h9-13,19H,8H2,1-7H3/t9-,10-,11+,12-,13+/m1/s1. The Hall–Kier alpha value is -0.450. The highest BCUT2D eigenvalue weighted by Crippen LogP contribution is 2.31. The number of hydrogen-bond acceptors (Lipinski definition) is 7. The highest BCUT2D eigenvalue weighted by molar-refractivity contribution is 14.1. The molecule has 1 aliphatic rings. The lowest BCUT2D eigenvalue weighted by atomic mass is 9.94. The molecule has 1 N–H and O–H groups in total. The molecule has 0 radical (unpaired) electrons. The van der Waals surface area contributed by atoms with Crippen molar-refractivity contribution in [3.8, 4) is 0 Å². The summed E-state index contributed by atoms with van der Waals surface area (Å²) in [6.45, 7) is 10.3. The topological polar surface area (TPSA) is 91.3 Å². The minimum Gasteiger partial charge on any atom is -0.455 e. The fraction of sp³-hybridized carbons (Fsp3) is 0.882. The van der Waals surface area contributed by atoms with Gasteiger partial charge in [-0.2, -0.15) is 0 Å². The van der Waals surface area contributed by atoms with Gasteiger partial charge in [-0.15, -0.1) is 0 Å². The predicted molar refractivity (Wildman–Crippen MR) is 99.2 cm³/mol. The third kappa shape index (κ3) is 5.77. The van der Waals surface area contributed by atoms with E-state index in [-0.39, 0.29) is 0 Å². The van der Waals surface area contributed by atoms with Crippen LogP contribution in [0.25, 0.3) is 0 Å². The minimum atomic E-state index is -1.13. The van der Waals surface area contributed by atoms with Crippen LogP contribution in [0.4, 0.5) is 0 Å². The van der Waals surface area contributed by atoms with Gasteiger partial charge in [0.25, 0.3) is 0 Å². The normalized spacial score (nSPS) is 30.7. The van der Waals surface area contributed by atoms with Crippen molar-refractivity contribution in [1.82, 2.24) is 0 Å². The molecule has 146 valence electrons. The Bertz CT molecular complexity index is 480. The molecule has 0 aromatic heterocycles. The van der Waals surface area contributed by atoms with Crippen molar-refractivity contribution in [2.24, 2.45) is 10.8 Å². The summed E-state index contributed by atoms with van der Waals surface area (Å²) in [5.74, 6) is -1.00. The smallest absolute Gasteiger partial charge is 0.311 e. The number of alkyl halides is 1. The summed E-state index contributed by atoms with van der Waals surface area (Å²) >= 11 is 2.06. The number of methoxy groups -OCH3 is 1. The fourth-order valence-corrected chi connectivity index (χ4v) is 2.80. The lowest BCUT2D eigenvalue weighted by Crippen LogP contribution is -2.62. The van der Waals surface area contributed by atoms with Crippen LogP contribution in [-0.2, 0) is 28.5 Å². The average molecular weight is 472 g/mol. The van der Waals surface area contributed by atoms with Crippen molar-refractivity contribution < 1.29 is 33.6 Å². The van der Waals surface area contributed by atoms with Gasteiger partial charge in [-0.25, -0.2) is 0 Å². The molecule has 1 fully saturated rings. The Kier molecular flexibility index (Phi) is 7.67. The van der Waals surface area contributed by atoms with Crippen LogP contribution in [0, 0.1) is 10.8 Å². The van der Waals surface area contributed by atoms with Crippen LogP contribution >= 0.6 is 22.6 Å². The number of aliphatic hydroxyl groups excluding tert-OH is 1. The molecule has 8 heteroatoms. The first-order valence-corrected chi connectivity index (χ1v) is 9.70. The summed E-state index contributed by atoms with van der Waals surface area (Å²) in [5.41, 5.74) is -1.53.